The Hall–Kier alpha value is -0.650. The Morgan fingerprint density at radius 3 is 2.57 bits per heavy atom. The lowest BCUT2D eigenvalue weighted by atomic mass is 10.0. The number of nitrogens with one attached hydrogen (secondary N) is 1. The lowest BCUT2D eigenvalue weighted by Gasteiger charge is -2.36. The molecule has 0 saturated carbocycles. The molecule has 0 aromatic heterocycles. The van der Waals surface area contributed by atoms with Crippen LogP contribution < -0.4 is 11.1 Å². The van der Waals surface area contributed by atoms with Crippen molar-refractivity contribution in [3.05, 3.63) is 0 Å². The molecular formula is C16H34N4O. The molecule has 1 amide bonds. The smallest absolute Gasteiger partial charge is 0.222 e. The van der Waals surface area contributed by atoms with E-state index < -0.39 is 0 Å². The average molecular weight is 298 g/mol. The minimum atomic E-state index is -0.181. The molecule has 0 bridgehead atoms. The predicted molar refractivity (Wildman–Crippen MR) is 88.3 cm³/mol. The van der Waals surface area contributed by atoms with Crippen LogP contribution in [-0.2, 0) is 4.79 Å². The highest BCUT2D eigenvalue weighted by Gasteiger charge is 2.29. The van der Waals surface area contributed by atoms with Crippen LogP contribution in [0.15, 0.2) is 0 Å². The first kappa shape index (κ1) is 18.4. The molecule has 2 unspecified atom stereocenters. The van der Waals surface area contributed by atoms with Gasteiger partial charge in [-0.05, 0) is 47.2 Å². The summed E-state index contributed by atoms with van der Waals surface area (Å²) in [6, 6.07) is 0.636. The molecule has 0 spiro atoms. The van der Waals surface area contributed by atoms with Gasteiger partial charge in [0.05, 0.1) is 0 Å². The summed E-state index contributed by atoms with van der Waals surface area (Å²) < 4.78 is 0. The van der Waals surface area contributed by atoms with Crippen molar-refractivity contribution in [1.82, 2.24) is 15.1 Å². The van der Waals surface area contributed by atoms with E-state index in [0.717, 1.165) is 32.5 Å². The maximum atomic E-state index is 12.2. The van der Waals surface area contributed by atoms with Crippen molar-refractivity contribution < 1.29 is 4.79 Å². The highest BCUT2D eigenvalue weighted by atomic mass is 16.1. The summed E-state index contributed by atoms with van der Waals surface area (Å²) in [5.41, 5.74) is 5.80. The molecule has 2 atom stereocenters. The van der Waals surface area contributed by atoms with Gasteiger partial charge in [-0.25, -0.2) is 0 Å². The normalized spacial score (nSPS) is 23.6. The van der Waals surface area contributed by atoms with Crippen LogP contribution in [0.2, 0.25) is 0 Å². The van der Waals surface area contributed by atoms with Crippen molar-refractivity contribution in [2.45, 2.75) is 64.6 Å². The van der Waals surface area contributed by atoms with E-state index >= 15 is 0 Å². The second kappa shape index (κ2) is 8.11. The molecule has 0 aliphatic carbocycles. The van der Waals surface area contributed by atoms with E-state index in [4.69, 9.17) is 5.73 Å². The fourth-order valence-corrected chi connectivity index (χ4v) is 3.13. The monoisotopic (exact) mass is 298 g/mol. The zero-order valence-electron chi connectivity index (χ0n) is 14.5. The van der Waals surface area contributed by atoms with Crippen molar-refractivity contribution in [2.75, 3.05) is 33.2 Å². The van der Waals surface area contributed by atoms with E-state index in [2.05, 4.69) is 29.1 Å². The highest BCUT2D eigenvalue weighted by molar-refractivity contribution is 5.77. The Labute approximate surface area is 130 Å². The fourth-order valence-electron chi connectivity index (χ4n) is 3.13. The van der Waals surface area contributed by atoms with E-state index in [-0.39, 0.29) is 17.5 Å². The lowest BCUT2D eigenvalue weighted by molar-refractivity contribution is -0.123. The summed E-state index contributed by atoms with van der Waals surface area (Å²) in [6.45, 7) is 12.0. The first-order valence-electron chi connectivity index (χ1n) is 8.22. The van der Waals surface area contributed by atoms with Gasteiger partial charge in [0.15, 0.2) is 0 Å². The quantitative estimate of drug-likeness (QED) is 0.796. The van der Waals surface area contributed by atoms with E-state index in [1.54, 1.807) is 0 Å². The maximum absolute atomic E-state index is 12.2. The number of likely N-dealkylation sites (N-methyl/N-ethyl adjacent to an activating group) is 1. The molecule has 0 aromatic carbocycles. The Morgan fingerprint density at radius 2 is 2.05 bits per heavy atom. The zero-order chi connectivity index (χ0) is 16.0. The van der Waals surface area contributed by atoms with Gasteiger partial charge in [0, 0.05) is 43.7 Å². The lowest BCUT2D eigenvalue weighted by Crippen LogP contribution is -2.52. The third-order valence-electron chi connectivity index (χ3n) is 4.10. The Bertz CT molecular complexity index is 327. The van der Waals surface area contributed by atoms with Gasteiger partial charge in [0.2, 0.25) is 5.91 Å². The number of hydrogen-bond acceptors (Lipinski definition) is 4. The second-order valence-electron chi connectivity index (χ2n) is 7.31. The molecule has 3 N–H and O–H groups in total. The fraction of sp³-hybridized carbons (Fsp3) is 0.938. The van der Waals surface area contributed by atoms with Crippen LogP contribution >= 0.6 is 0 Å². The van der Waals surface area contributed by atoms with Crippen molar-refractivity contribution in [3.63, 3.8) is 0 Å². The number of hydrogen-bond donors (Lipinski definition) is 2. The van der Waals surface area contributed by atoms with Crippen LogP contribution in [0.5, 0.6) is 0 Å². The van der Waals surface area contributed by atoms with Gasteiger partial charge < -0.3 is 16.0 Å². The van der Waals surface area contributed by atoms with Crippen LogP contribution in [0.1, 0.15) is 47.0 Å². The van der Waals surface area contributed by atoms with E-state index in [0.29, 0.717) is 19.0 Å². The molecule has 5 heteroatoms. The summed E-state index contributed by atoms with van der Waals surface area (Å²) in [4.78, 5) is 17.1. The zero-order valence-corrected chi connectivity index (χ0v) is 14.5. The van der Waals surface area contributed by atoms with Crippen molar-refractivity contribution in [3.8, 4) is 0 Å². The van der Waals surface area contributed by atoms with Gasteiger partial charge in [-0.2, -0.15) is 0 Å². The van der Waals surface area contributed by atoms with E-state index in [1.807, 2.05) is 20.8 Å². The molecule has 1 heterocycles. The second-order valence-corrected chi connectivity index (χ2v) is 7.31. The SMILES string of the molecule is CCC1CN(C)CCCN1C(CN)CC(=O)NC(C)(C)C. The molecule has 0 aromatic rings. The maximum Gasteiger partial charge on any atom is 0.222 e. The molecule has 21 heavy (non-hydrogen) atoms. The summed E-state index contributed by atoms with van der Waals surface area (Å²) in [7, 11) is 2.18. The standard InChI is InChI=1S/C16H34N4O/c1-6-13-12-19(5)8-7-9-20(13)14(11-17)10-15(21)18-16(2,3)4/h13-14H,6-12,17H2,1-5H3,(H,18,21). The van der Waals surface area contributed by atoms with Crippen LogP contribution in [-0.4, -0.2) is 66.6 Å². The third-order valence-corrected chi connectivity index (χ3v) is 4.10. The predicted octanol–water partition coefficient (Wildman–Crippen LogP) is 1.03. The van der Waals surface area contributed by atoms with Gasteiger partial charge >= 0.3 is 0 Å². The van der Waals surface area contributed by atoms with Crippen LogP contribution in [0.25, 0.3) is 0 Å². The Morgan fingerprint density at radius 1 is 1.38 bits per heavy atom. The molecule has 1 aliphatic rings. The first-order chi connectivity index (χ1) is 9.76. The number of nitrogens with zero attached hydrogens (tertiary/aromatic N) is 2. The third kappa shape index (κ3) is 6.32. The topological polar surface area (TPSA) is 61.6 Å². The van der Waals surface area contributed by atoms with Crippen molar-refractivity contribution in [2.24, 2.45) is 5.73 Å². The number of nitrogens with two attached hydrogens (primary N) is 1. The average Bonchev–Trinajstić information content (AvgIpc) is 2.55. The number of amides is 1. The summed E-state index contributed by atoms with van der Waals surface area (Å²) in [6.07, 6.45) is 2.74. The molecule has 0 radical (unpaired) electrons. The van der Waals surface area contributed by atoms with Crippen molar-refractivity contribution >= 4 is 5.91 Å². The number of carbonyl (C=O) groups is 1. The first-order valence-corrected chi connectivity index (χ1v) is 8.22. The Kier molecular flexibility index (Phi) is 7.10. The van der Waals surface area contributed by atoms with Gasteiger partial charge in [-0.15, -0.1) is 0 Å². The minimum absolute atomic E-state index is 0.102. The van der Waals surface area contributed by atoms with Gasteiger partial charge in [-0.3, -0.25) is 9.69 Å². The van der Waals surface area contributed by atoms with Gasteiger partial charge in [0.1, 0.15) is 0 Å². The summed E-state index contributed by atoms with van der Waals surface area (Å²) in [5.74, 6) is 0.102. The molecule has 124 valence electrons. The van der Waals surface area contributed by atoms with Gasteiger partial charge in [0.25, 0.3) is 0 Å². The summed E-state index contributed by atoms with van der Waals surface area (Å²) >= 11 is 0. The molecule has 1 saturated heterocycles. The Balaban J connectivity index is 2.70. The molecule has 1 rings (SSSR count). The van der Waals surface area contributed by atoms with Gasteiger partial charge in [-0.1, -0.05) is 6.92 Å². The van der Waals surface area contributed by atoms with Crippen LogP contribution in [0.4, 0.5) is 0 Å². The van der Waals surface area contributed by atoms with Crippen LogP contribution in [0, 0.1) is 0 Å². The van der Waals surface area contributed by atoms with E-state index in [9.17, 15) is 4.79 Å². The van der Waals surface area contributed by atoms with Crippen LogP contribution in [0.3, 0.4) is 0 Å². The largest absolute Gasteiger partial charge is 0.351 e. The van der Waals surface area contributed by atoms with E-state index in [1.165, 1.54) is 0 Å². The number of carbonyl (C=O) groups excluding carboxylic acids is 1. The molecule has 1 fully saturated rings. The highest BCUT2D eigenvalue weighted by Crippen LogP contribution is 2.17. The molecule has 5 nitrogen and oxygen atoms in total. The number of rotatable bonds is 5. The summed E-state index contributed by atoms with van der Waals surface area (Å²) in [5, 5.41) is 3.05. The molecule has 1 aliphatic heterocycles. The van der Waals surface area contributed by atoms with Crippen molar-refractivity contribution in [1.29, 1.82) is 0 Å². The minimum Gasteiger partial charge on any atom is -0.351 e. The molecular weight excluding hydrogens is 264 g/mol.